The molecule has 0 saturated carbocycles. The van der Waals surface area contributed by atoms with Gasteiger partial charge < -0.3 is 0 Å². The van der Waals surface area contributed by atoms with Gasteiger partial charge in [-0.3, -0.25) is 0 Å². The second kappa shape index (κ2) is 14.4. The Bertz CT molecular complexity index is 133. The Labute approximate surface area is 115 Å². The second-order valence-corrected chi connectivity index (χ2v) is 5.83. The average Bonchev–Trinajstić information content (AvgIpc) is 2.34. The van der Waals surface area contributed by atoms with Crippen molar-refractivity contribution < 1.29 is 0 Å². The maximum Gasteiger partial charge on any atom is 0.0336 e. The molecule has 1 radical (unpaired) electrons. The molecule has 0 aliphatic carbocycles. The summed E-state index contributed by atoms with van der Waals surface area (Å²) in [7, 11) is 0. The van der Waals surface area contributed by atoms with Gasteiger partial charge in [-0.05, 0) is 12.8 Å². The van der Waals surface area contributed by atoms with Gasteiger partial charge in [0.25, 0.3) is 0 Å². The molecular formula is C16H32Cl. The molecule has 0 nitrogen and oxygen atoms in total. The molecular weight excluding hydrogens is 228 g/mol. The molecule has 0 aliphatic rings. The maximum absolute atomic E-state index is 6.23. The lowest BCUT2D eigenvalue weighted by Crippen LogP contribution is -1.97. The van der Waals surface area contributed by atoms with Crippen molar-refractivity contribution in [2.75, 3.05) is 0 Å². The van der Waals surface area contributed by atoms with Crippen molar-refractivity contribution in [1.29, 1.82) is 0 Å². The van der Waals surface area contributed by atoms with E-state index in [0.717, 1.165) is 12.8 Å². The van der Waals surface area contributed by atoms with E-state index < -0.39 is 0 Å². The van der Waals surface area contributed by atoms with Gasteiger partial charge in [0.15, 0.2) is 0 Å². The summed E-state index contributed by atoms with van der Waals surface area (Å²) in [5.74, 6) is 0. The van der Waals surface area contributed by atoms with Crippen LogP contribution in [0.5, 0.6) is 0 Å². The third-order valence-electron chi connectivity index (χ3n) is 3.39. The van der Waals surface area contributed by atoms with E-state index in [-0.39, 0.29) is 0 Å². The molecule has 0 amide bonds. The molecule has 0 aromatic rings. The lowest BCUT2D eigenvalue weighted by molar-refractivity contribution is 0.542. The normalized spacial score (nSPS) is 12.9. The Morgan fingerprint density at radius 1 is 0.765 bits per heavy atom. The van der Waals surface area contributed by atoms with Gasteiger partial charge in [-0.25, -0.2) is 0 Å². The van der Waals surface area contributed by atoms with Gasteiger partial charge in [-0.1, -0.05) is 84.5 Å². The summed E-state index contributed by atoms with van der Waals surface area (Å²) in [6, 6.07) is 0. The first-order chi connectivity index (χ1) is 8.31. The molecule has 0 N–H and O–H groups in total. The predicted octanol–water partition coefficient (Wildman–Crippen LogP) is 6.52. The molecule has 0 heterocycles. The third kappa shape index (κ3) is 14.2. The second-order valence-electron chi connectivity index (χ2n) is 5.21. The van der Waals surface area contributed by atoms with Gasteiger partial charge in [0, 0.05) is 5.38 Å². The van der Waals surface area contributed by atoms with E-state index in [9.17, 15) is 0 Å². The summed E-state index contributed by atoms with van der Waals surface area (Å²) in [6.07, 6.45) is 17.2. The Kier molecular flexibility index (Phi) is 14.6. The maximum atomic E-state index is 6.23. The first-order valence-corrected chi connectivity index (χ1v) is 8.18. The van der Waals surface area contributed by atoms with Crippen LogP contribution in [0, 0.1) is 6.92 Å². The van der Waals surface area contributed by atoms with Crippen LogP contribution in [-0.2, 0) is 0 Å². The third-order valence-corrected chi connectivity index (χ3v) is 3.82. The number of hydrogen-bond donors (Lipinski definition) is 0. The van der Waals surface area contributed by atoms with E-state index in [2.05, 4.69) is 13.8 Å². The Balaban J connectivity index is 3.02. The van der Waals surface area contributed by atoms with E-state index in [4.69, 9.17) is 11.6 Å². The summed E-state index contributed by atoms with van der Waals surface area (Å²) in [5.41, 5.74) is 0. The molecule has 0 aromatic heterocycles. The number of hydrogen-bond acceptors (Lipinski definition) is 0. The number of unbranched alkanes of at least 4 members (excludes halogenated alkanes) is 9. The van der Waals surface area contributed by atoms with Gasteiger partial charge in [-0.2, -0.15) is 0 Å². The fourth-order valence-corrected chi connectivity index (χ4v) is 2.50. The van der Waals surface area contributed by atoms with Crippen molar-refractivity contribution in [3.8, 4) is 0 Å². The zero-order chi connectivity index (χ0) is 12.8. The van der Waals surface area contributed by atoms with Crippen molar-refractivity contribution in [1.82, 2.24) is 0 Å². The topological polar surface area (TPSA) is 0 Å². The molecule has 1 atom stereocenters. The zero-order valence-electron chi connectivity index (χ0n) is 11.9. The van der Waals surface area contributed by atoms with Crippen LogP contribution in [0.2, 0.25) is 0 Å². The quantitative estimate of drug-likeness (QED) is 0.261. The van der Waals surface area contributed by atoms with E-state index in [0.29, 0.717) is 5.38 Å². The van der Waals surface area contributed by atoms with Gasteiger partial charge in [0.1, 0.15) is 0 Å². The number of rotatable bonds is 13. The minimum absolute atomic E-state index is 0.404. The monoisotopic (exact) mass is 259 g/mol. The molecule has 0 aliphatic heterocycles. The molecule has 0 aromatic carbocycles. The fraction of sp³-hybridized carbons (Fsp3) is 0.938. The summed E-state index contributed by atoms with van der Waals surface area (Å²) in [5, 5.41) is 0.404. The minimum Gasteiger partial charge on any atom is -0.123 e. The first-order valence-electron chi connectivity index (χ1n) is 7.74. The molecule has 1 heteroatoms. The molecule has 1 unspecified atom stereocenters. The van der Waals surface area contributed by atoms with Crippen molar-refractivity contribution in [2.24, 2.45) is 0 Å². The van der Waals surface area contributed by atoms with Crippen molar-refractivity contribution in [3.63, 3.8) is 0 Å². The molecule has 0 saturated heterocycles. The zero-order valence-corrected chi connectivity index (χ0v) is 12.6. The highest BCUT2D eigenvalue weighted by atomic mass is 35.5. The lowest BCUT2D eigenvalue weighted by atomic mass is 10.0. The van der Waals surface area contributed by atoms with Crippen molar-refractivity contribution in [3.05, 3.63) is 6.92 Å². The van der Waals surface area contributed by atoms with E-state index >= 15 is 0 Å². The first kappa shape index (κ1) is 17.3. The minimum atomic E-state index is 0.404. The van der Waals surface area contributed by atoms with Crippen LogP contribution in [0.15, 0.2) is 0 Å². The van der Waals surface area contributed by atoms with Crippen molar-refractivity contribution >= 4 is 11.6 Å². The molecule has 0 rings (SSSR count). The molecule has 103 valence electrons. The summed E-state index contributed by atoms with van der Waals surface area (Å²) < 4.78 is 0. The molecule has 0 spiro atoms. The fourth-order valence-electron chi connectivity index (χ4n) is 2.19. The van der Waals surface area contributed by atoms with Crippen LogP contribution in [-0.4, -0.2) is 5.38 Å². The van der Waals surface area contributed by atoms with Crippen LogP contribution in [0.3, 0.4) is 0 Å². The predicted molar refractivity (Wildman–Crippen MR) is 80.7 cm³/mol. The van der Waals surface area contributed by atoms with Gasteiger partial charge >= 0.3 is 0 Å². The highest BCUT2D eigenvalue weighted by Crippen LogP contribution is 2.16. The SMILES string of the molecule is [CH2]CCCC(Cl)CCCCCCCCCCC. The van der Waals surface area contributed by atoms with Gasteiger partial charge in [0.2, 0.25) is 0 Å². The van der Waals surface area contributed by atoms with Gasteiger partial charge in [0.05, 0.1) is 0 Å². The largest absolute Gasteiger partial charge is 0.123 e. The standard InChI is InChI=1S/C16H32Cl/c1-3-5-7-8-9-10-11-12-13-15-16(17)14-6-4-2/h16H,2-15H2,1H3. The van der Waals surface area contributed by atoms with Crippen LogP contribution in [0.4, 0.5) is 0 Å². The Hall–Kier alpha value is 0.290. The summed E-state index contributed by atoms with van der Waals surface area (Å²) in [4.78, 5) is 0. The molecule has 17 heavy (non-hydrogen) atoms. The summed E-state index contributed by atoms with van der Waals surface area (Å²) >= 11 is 6.23. The van der Waals surface area contributed by atoms with Gasteiger partial charge in [-0.15, -0.1) is 11.6 Å². The van der Waals surface area contributed by atoms with E-state index in [1.54, 1.807) is 0 Å². The van der Waals surface area contributed by atoms with Crippen LogP contribution < -0.4 is 0 Å². The lowest BCUT2D eigenvalue weighted by Gasteiger charge is -2.08. The van der Waals surface area contributed by atoms with Crippen LogP contribution >= 0.6 is 11.6 Å². The van der Waals surface area contributed by atoms with E-state index in [1.807, 2.05) is 0 Å². The smallest absolute Gasteiger partial charge is 0.0336 e. The highest BCUT2D eigenvalue weighted by molar-refractivity contribution is 6.20. The number of halogens is 1. The Morgan fingerprint density at radius 3 is 1.76 bits per heavy atom. The number of alkyl halides is 1. The Morgan fingerprint density at radius 2 is 1.24 bits per heavy atom. The molecule has 0 fully saturated rings. The van der Waals surface area contributed by atoms with E-state index in [1.165, 1.54) is 70.6 Å². The summed E-state index contributed by atoms with van der Waals surface area (Å²) in [6.45, 7) is 6.13. The van der Waals surface area contributed by atoms with Crippen LogP contribution in [0.1, 0.15) is 90.4 Å². The molecule has 0 bridgehead atoms. The highest BCUT2D eigenvalue weighted by Gasteiger charge is 2.02. The van der Waals surface area contributed by atoms with Crippen LogP contribution in [0.25, 0.3) is 0 Å². The average molecular weight is 260 g/mol. The van der Waals surface area contributed by atoms with Crippen molar-refractivity contribution in [2.45, 2.75) is 95.8 Å².